The zero-order valence-corrected chi connectivity index (χ0v) is 18.2. The van der Waals surface area contributed by atoms with E-state index in [4.69, 9.17) is 21.7 Å². The highest BCUT2D eigenvalue weighted by Crippen LogP contribution is 2.26. The van der Waals surface area contributed by atoms with E-state index in [-0.39, 0.29) is 0 Å². The van der Waals surface area contributed by atoms with Crippen LogP contribution in [0.25, 0.3) is 0 Å². The van der Waals surface area contributed by atoms with Gasteiger partial charge in [0.1, 0.15) is 11.5 Å². The van der Waals surface area contributed by atoms with Crippen molar-refractivity contribution >= 4 is 44.8 Å². The van der Waals surface area contributed by atoms with E-state index >= 15 is 0 Å². The van der Waals surface area contributed by atoms with E-state index in [0.717, 1.165) is 10.2 Å². The van der Waals surface area contributed by atoms with E-state index in [2.05, 4.69) is 62.9 Å². The van der Waals surface area contributed by atoms with Crippen molar-refractivity contribution in [2.24, 2.45) is 0 Å². The Hall–Kier alpha value is -2.58. The van der Waals surface area contributed by atoms with Gasteiger partial charge in [-0.25, -0.2) is 0 Å². The third kappa shape index (κ3) is 5.24. The van der Waals surface area contributed by atoms with Gasteiger partial charge in [-0.15, -0.1) is 0 Å². The topological polar surface area (TPSA) is 60.3 Å². The lowest BCUT2D eigenvalue weighted by atomic mass is 10.1. The first-order chi connectivity index (χ1) is 13.5. The Morgan fingerprint density at radius 1 is 1.07 bits per heavy atom. The summed E-state index contributed by atoms with van der Waals surface area (Å²) in [6.45, 7) is 2.75. The number of hydrogen-bond donors (Lipinski definition) is 2. The Kier molecular flexibility index (Phi) is 6.53. The standard InChI is InChI=1S/C20H21BrN4O2S/c1-13-4-6-14(7-5-13)11-25-12-18(21)19(24-25)23-20(28)22-15-8-16(26-2)10-17(9-15)27-3/h4-10,12H,11H2,1-3H3,(H2,22,23,24,28). The molecule has 8 heteroatoms. The minimum absolute atomic E-state index is 0.414. The highest BCUT2D eigenvalue weighted by atomic mass is 79.9. The number of ether oxygens (including phenoxy) is 2. The van der Waals surface area contributed by atoms with Crippen LogP contribution in [0, 0.1) is 6.92 Å². The number of nitrogens with one attached hydrogen (secondary N) is 2. The van der Waals surface area contributed by atoms with Crippen molar-refractivity contribution in [3.8, 4) is 11.5 Å². The van der Waals surface area contributed by atoms with E-state index < -0.39 is 0 Å². The number of aromatic nitrogens is 2. The fraction of sp³-hybridized carbons (Fsp3) is 0.200. The van der Waals surface area contributed by atoms with E-state index in [1.807, 2.05) is 23.0 Å². The van der Waals surface area contributed by atoms with Gasteiger partial charge in [0, 0.05) is 30.1 Å². The number of benzene rings is 2. The largest absolute Gasteiger partial charge is 0.497 e. The molecule has 2 aromatic carbocycles. The van der Waals surface area contributed by atoms with E-state index in [0.29, 0.717) is 29.0 Å². The molecule has 0 aliphatic heterocycles. The first-order valence-electron chi connectivity index (χ1n) is 8.56. The molecule has 6 nitrogen and oxygen atoms in total. The Balaban J connectivity index is 1.67. The summed E-state index contributed by atoms with van der Waals surface area (Å²) in [5, 5.41) is 11.2. The summed E-state index contributed by atoms with van der Waals surface area (Å²) in [7, 11) is 3.21. The second kappa shape index (κ2) is 9.07. The molecule has 0 bridgehead atoms. The van der Waals surface area contributed by atoms with Crippen LogP contribution in [0.2, 0.25) is 0 Å². The molecule has 0 saturated carbocycles. The third-order valence-electron chi connectivity index (χ3n) is 4.02. The lowest BCUT2D eigenvalue weighted by molar-refractivity contribution is 0.395. The predicted octanol–water partition coefficient (Wildman–Crippen LogP) is 4.83. The van der Waals surface area contributed by atoms with Gasteiger partial charge in [0.05, 0.1) is 25.2 Å². The zero-order valence-electron chi connectivity index (χ0n) is 15.8. The van der Waals surface area contributed by atoms with Crippen LogP contribution in [0.5, 0.6) is 11.5 Å². The number of methoxy groups -OCH3 is 2. The summed E-state index contributed by atoms with van der Waals surface area (Å²) >= 11 is 8.94. The molecule has 1 aromatic heterocycles. The summed E-state index contributed by atoms with van der Waals surface area (Å²) < 4.78 is 13.2. The van der Waals surface area contributed by atoms with Crippen molar-refractivity contribution in [1.29, 1.82) is 0 Å². The van der Waals surface area contributed by atoms with E-state index in [9.17, 15) is 0 Å². The van der Waals surface area contributed by atoms with Crippen LogP contribution in [-0.4, -0.2) is 29.1 Å². The number of hydrogen-bond acceptors (Lipinski definition) is 4. The van der Waals surface area contributed by atoms with Gasteiger partial charge in [0.15, 0.2) is 10.9 Å². The van der Waals surface area contributed by atoms with Crippen molar-refractivity contribution in [2.75, 3.05) is 24.9 Å². The fourth-order valence-corrected chi connectivity index (χ4v) is 3.22. The van der Waals surface area contributed by atoms with Gasteiger partial charge < -0.3 is 20.1 Å². The molecule has 0 aliphatic carbocycles. The minimum Gasteiger partial charge on any atom is -0.497 e. The fourth-order valence-electron chi connectivity index (χ4n) is 2.59. The quantitative estimate of drug-likeness (QED) is 0.513. The van der Waals surface area contributed by atoms with Gasteiger partial charge in [-0.2, -0.15) is 5.10 Å². The molecule has 1 heterocycles. The molecule has 0 radical (unpaired) electrons. The van der Waals surface area contributed by atoms with E-state index in [1.165, 1.54) is 11.1 Å². The molecule has 3 rings (SSSR count). The highest BCUT2D eigenvalue weighted by molar-refractivity contribution is 9.10. The number of aryl methyl sites for hydroxylation is 1. The Morgan fingerprint density at radius 2 is 1.71 bits per heavy atom. The normalized spacial score (nSPS) is 10.4. The zero-order chi connectivity index (χ0) is 20.1. The molecule has 0 saturated heterocycles. The highest BCUT2D eigenvalue weighted by Gasteiger charge is 2.10. The van der Waals surface area contributed by atoms with Crippen LogP contribution in [0.1, 0.15) is 11.1 Å². The second-order valence-corrected chi connectivity index (χ2v) is 7.45. The first-order valence-corrected chi connectivity index (χ1v) is 9.76. The van der Waals surface area contributed by atoms with Gasteiger partial charge in [0.25, 0.3) is 0 Å². The van der Waals surface area contributed by atoms with Crippen molar-refractivity contribution < 1.29 is 9.47 Å². The lowest BCUT2D eigenvalue weighted by Gasteiger charge is -2.12. The van der Waals surface area contributed by atoms with Crippen LogP contribution in [0.3, 0.4) is 0 Å². The molecule has 0 unspecified atom stereocenters. The van der Waals surface area contributed by atoms with Crippen LogP contribution in [0.4, 0.5) is 11.5 Å². The van der Waals surface area contributed by atoms with Gasteiger partial charge in [0.2, 0.25) is 0 Å². The molecular formula is C20H21BrN4O2S. The van der Waals surface area contributed by atoms with Crippen LogP contribution >= 0.6 is 28.1 Å². The van der Waals surface area contributed by atoms with Crippen LogP contribution < -0.4 is 20.1 Å². The monoisotopic (exact) mass is 460 g/mol. The molecule has 0 atom stereocenters. The summed E-state index contributed by atoms with van der Waals surface area (Å²) in [6.07, 6.45) is 1.92. The molecule has 0 spiro atoms. The summed E-state index contributed by atoms with van der Waals surface area (Å²) in [4.78, 5) is 0. The maximum Gasteiger partial charge on any atom is 0.176 e. The number of halogens is 1. The van der Waals surface area contributed by atoms with Crippen LogP contribution in [-0.2, 0) is 6.54 Å². The maximum absolute atomic E-state index is 5.42. The maximum atomic E-state index is 5.42. The summed E-state index contributed by atoms with van der Waals surface area (Å²) in [5.41, 5.74) is 3.17. The van der Waals surface area contributed by atoms with Crippen LogP contribution in [0.15, 0.2) is 53.1 Å². The number of anilines is 2. The number of nitrogens with zero attached hydrogens (tertiary/aromatic N) is 2. The van der Waals surface area contributed by atoms with Crippen molar-refractivity contribution in [3.05, 3.63) is 64.3 Å². The van der Waals surface area contributed by atoms with Crippen molar-refractivity contribution in [2.45, 2.75) is 13.5 Å². The second-order valence-electron chi connectivity index (χ2n) is 6.19. The predicted molar refractivity (Wildman–Crippen MR) is 120 cm³/mol. The average Bonchev–Trinajstić information content (AvgIpc) is 3.01. The molecule has 2 N–H and O–H groups in total. The third-order valence-corrected chi connectivity index (χ3v) is 4.81. The Labute approximate surface area is 178 Å². The van der Waals surface area contributed by atoms with E-state index in [1.54, 1.807) is 20.3 Å². The SMILES string of the molecule is COc1cc(NC(=S)Nc2nn(Cc3ccc(C)cc3)cc2Br)cc(OC)c1. The van der Waals surface area contributed by atoms with Crippen molar-refractivity contribution in [3.63, 3.8) is 0 Å². The van der Waals surface area contributed by atoms with Gasteiger partial charge >= 0.3 is 0 Å². The molecule has 146 valence electrons. The summed E-state index contributed by atoms with van der Waals surface area (Å²) in [5.74, 6) is 1.99. The minimum atomic E-state index is 0.414. The molecular weight excluding hydrogens is 440 g/mol. The first kappa shape index (κ1) is 20.2. The molecule has 0 amide bonds. The number of rotatable bonds is 6. The number of thiocarbonyl (C=S) groups is 1. The molecule has 0 aliphatic rings. The van der Waals surface area contributed by atoms with Gasteiger partial charge in [-0.3, -0.25) is 4.68 Å². The van der Waals surface area contributed by atoms with Gasteiger partial charge in [-0.05, 0) is 40.6 Å². The Morgan fingerprint density at radius 3 is 2.32 bits per heavy atom. The van der Waals surface area contributed by atoms with Crippen molar-refractivity contribution in [1.82, 2.24) is 9.78 Å². The molecule has 28 heavy (non-hydrogen) atoms. The van der Waals surface area contributed by atoms with Gasteiger partial charge in [-0.1, -0.05) is 29.8 Å². The lowest BCUT2D eigenvalue weighted by Crippen LogP contribution is -2.20. The Bertz CT molecular complexity index is 951. The summed E-state index contributed by atoms with van der Waals surface area (Å²) in [6, 6.07) is 13.8. The molecule has 0 fully saturated rings. The smallest absolute Gasteiger partial charge is 0.176 e. The average molecular weight is 461 g/mol. The molecule has 3 aromatic rings.